The molecule has 0 unspecified atom stereocenters. The van der Waals surface area contributed by atoms with Crippen molar-refractivity contribution in [2.75, 3.05) is 11.4 Å². The summed E-state index contributed by atoms with van der Waals surface area (Å²) in [5.41, 5.74) is 3.68. The lowest BCUT2D eigenvalue weighted by Crippen LogP contribution is -2.25. The Balaban J connectivity index is 1.67. The molecule has 3 aromatic rings. The van der Waals surface area contributed by atoms with Gasteiger partial charge in [0, 0.05) is 16.1 Å². The molecule has 0 radical (unpaired) electrons. The lowest BCUT2D eigenvalue weighted by molar-refractivity contribution is 0.411. The van der Waals surface area contributed by atoms with Crippen molar-refractivity contribution in [1.82, 2.24) is 4.98 Å². The first-order valence-corrected chi connectivity index (χ1v) is 9.22. The van der Waals surface area contributed by atoms with E-state index >= 15 is 0 Å². The van der Waals surface area contributed by atoms with Crippen LogP contribution in [-0.4, -0.2) is 22.5 Å². The van der Waals surface area contributed by atoms with Crippen LogP contribution in [0, 0.1) is 23.7 Å². The maximum Gasteiger partial charge on any atom is 0.139 e. The van der Waals surface area contributed by atoms with E-state index in [0.717, 1.165) is 21.8 Å². The number of rotatable bonds is 3. The largest absolute Gasteiger partial charge is 0.510 e. The molecule has 0 fully saturated rings. The Morgan fingerprint density at radius 1 is 1.15 bits per heavy atom. The van der Waals surface area contributed by atoms with Crippen molar-refractivity contribution in [1.29, 1.82) is 10.7 Å². The zero-order valence-corrected chi connectivity index (χ0v) is 15.4. The summed E-state index contributed by atoms with van der Waals surface area (Å²) < 4.78 is 0. The molecule has 2 heterocycles. The van der Waals surface area contributed by atoms with Crippen LogP contribution < -0.4 is 4.90 Å². The van der Waals surface area contributed by atoms with Crippen molar-refractivity contribution in [2.24, 2.45) is 0 Å². The van der Waals surface area contributed by atoms with Crippen LogP contribution in [0.2, 0.25) is 0 Å². The molecule has 2 aromatic carbocycles. The van der Waals surface area contributed by atoms with Gasteiger partial charge in [0.15, 0.2) is 0 Å². The highest BCUT2D eigenvalue weighted by molar-refractivity contribution is 7.13. The number of aryl methyl sites for hydroxylation is 1. The van der Waals surface area contributed by atoms with E-state index in [1.54, 1.807) is 29.2 Å². The Morgan fingerprint density at radius 2 is 1.85 bits per heavy atom. The van der Waals surface area contributed by atoms with E-state index < -0.39 is 0 Å². The molecule has 0 aliphatic carbocycles. The molecule has 0 spiro atoms. The highest BCUT2D eigenvalue weighted by atomic mass is 32.1. The second kappa shape index (κ2) is 6.71. The fraction of sp³-hybridized carbons (Fsp3) is 0.0952. The number of nitrogens with zero attached hydrogens (tertiary/aromatic N) is 3. The number of aliphatic hydroxyl groups excluding tert-OH is 1. The van der Waals surface area contributed by atoms with Crippen molar-refractivity contribution in [3.63, 3.8) is 0 Å². The van der Waals surface area contributed by atoms with Crippen LogP contribution in [0.15, 0.2) is 60.4 Å². The Labute approximate surface area is 161 Å². The van der Waals surface area contributed by atoms with Gasteiger partial charge in [0.1, 0.15) is 16.6 Å². The van der Waals surface area contributed by atoms with E-state index in [-0.39, 0.29) is 18.1 Å². The molecule has 0 bridgehead atoms. The maximum atomic E-state index is 10.5. The summed E-state index contributed by atoms with van der Waals surface area (Å²) in [5.74, 6) is 0.350. The van der Waals surface area contributed by atoms with Gasteiger partial charge in [-0.3, -0.25) is 5.41 Å². The normalized spacial score (nSPS) is 13.9. The summed E-state index contributed by atoms with van der Waals surface area (Å²) in [6, 6.07) is 19.0. The summed E-state index contributed by atoms with van der Waals surface area (Å²) in [5, 5.41) is 28.7. The number of aliphatic hydroxyl groups is 1. The first kappa shape index (κ1) is 17.0. The zero-order valence-electron chi connectivity index (χ0n) is 14.6. The average Bonchev–Trinajstić information content (AvgIpc) is 3.21. The van der Waals surface area contributed by atoms with E-state index in [1.807, 2.05) is 37.3 Å². The van der Waals surface area contributed by atoms with Crippen molar-refractivity contribution in [3.05, 3.63) is 75.8 Å². The van der Waals surface area contributed by atoms with E-state index in [4.69, 9.17) is 15.7 Å². The predicted octanol–water partition coefficient (Wildman–Crippen LogP) is 4.76. The number of nitriles is 1. The Bertz CT molecular complexity index is 1090. The third-order valence-corrected chi connectivity index (χ3v) is 5.46. The number of amidine groups is 1. The van der Waals surface area contributed by atoms with Gasteiger partial charge in [-0.05, 0) is 31.2 Å². The SMILES string of the molecule is Cc1sc(C2=C(O)CN(c3ccc(C#N)cc3)C2=N)nc1-c1ccccc1. The molecular formula is C21H16N4OS. The standard InChI is InChI=1S/C21H16N4OS/c1-13-19(15-5-3-2-4-6-15)24-21(27-13)18-17(26)12-25(20(18)23)16-9-7-14(11-22)8-10-16/h2-10,23,26H,12H2,1H3. The molecule has 132 valence electrons. The lowest BCUT2D eigenvalue weighted by Gasteiger charge is -2.18. The molecule has 5 nitrogen and oxygen atoms in total. The molecule has 1 aromatic heterocycles. The molecule has 1 aliphatic rings. The molecule has 6 heteroatoms. The fourth-order valence-corrected chi connectivity index (χ4v) is 4.11. The highest BCUT2D eigenvalue weighted by Gasteiger charge is 2.31. The molecule has 0 atom stereocenters. The van der Waals surface area contributed by atoms with Gasteiger partial charge in [-0.1, -0.05) is 30.3 Å². The second-order valence-electron chi connectivity index (χ2n) is 6.20. The molecule has 2 N–H and O–H groups in total. The number of anilines is 1. The summed E-state index contributed by atoms with van der Waals surface area (Å²) in [6.07, 6.45) is 0. The van der Waals surface area contributed by atoms with Crippen LogP contribution in [-0.2, 0) is 0 Å². The van der Waals surface area contributed by atoms with E-state index in [9.17, 15) is 5.11 Å². The van der Waals surface area contributed by atoms with Crippen LogP contribution in [0.4, 0.5) is 5.69 Å². The van der Waals surface area contributed by atoms with Gasteiger partial charge in [-0.15, -0.1) is 11.3 Å². The van der Waals surface area contributed by atoms with Crippen molar-refractivity contribution >= 4 is 28.4 Å². The van der Waals surface area contributed by atoms with Crippen molar-refractivity contribution in [3.8, 4) is 17.3 Å². The summed E-state index contributed by atoms with van der Waals surface area (Å²) in [4.78, 5) is 7.46. The predicted molar refractivity (Wildman–Crippen MR) is 108 cm³/mol. The van der Waals surface area contributed by atoms with Crippen molar-refractivity contribution < 1.29 is 5.11 Å². The first-order chi connectivity index (χ1) is 13.1. The smallest absolute Gasteiger partial charge is 0.139 e. The Hall–Kier alpha value is -3.43. The van der Waals surface area contributed by atoms with Crippen molar-refractivity contribution in [2.45, 2.75) is 6.92 Å². The average molecular weight is 372 g/mol. The number of hydrogen-bond acceptors (Lipinski definition) is 5. The summed E-state index contributed by atoms with van der Waals surface area (Å²) in [6.45, 7) is 2.22. The lowest BCUT2D eigenvalue weighted by atomic mass is 10.1. The van der Waals surface area contributed by atoms with E-state index in [2.05, 4.69) is 6.07 Å². The number of nitrogens with one attached hydrogen (secondary N) is 1. The topological polar surface area (TPSA) is 84.0 Å². The van der Waals surface area contributed by atoms with Gasteiger partial charge in [0.25, 0.3) is 0 Å². The van der Waals surface area contributed by atoms with Crippen LogP contribution in [0.3, 0.4) is 0 Å². The number of benzene rings is 2. The van der Waals surface area contributed by atoms with Crippen LogP contribution in [0.25, 0.3) is 16.8 Å². The molecule has 27 heavy (non-hydrogen) atoms. The van der Waals surface area contributed by atoms with Crippen LogP contribution in [0.5, 0.6) is 0 Å². The molecule has 1 aliphatic heterocycles. The van der Waals surface area contributed by atoms with Crippen LogP contribution >= 0.6 is 11.3 Å². The van der Waals surface area contributed by atoms with Gasteiger partial charge in [0.2, 0.25) is 0 Å². The van der Waals surface area contributed by atoms with Gasteiger partial charge in [0.05, 0.1) is 29.4 Å². The minimum absolute atomic E-state index is 0.137. The molecular weight excluding hydrogens is 356 g/mol. The Morgan fingerprint density at radius 3 is 2.52 bits per heavy atom. The third kappa shape index (κ3) is 2.98. The number of thiazole rings is 1. The van der Waals surface area contributed by atoms with E-state index in [0.29, 0.717) is 16.1 Å². The van der Waals surface area contributed by atoms with Gasteiger partial charge in [-0.2, -0.15) is 5.26 Å². The summed E-state index contributed by atoms with van der Waals surface area (Å²) >= 11 is 1.48. The minimum Gasteiger partial charge on any atom is -0.510 e. The van der Waals surface area contributed by atoms with Crippen LogP contribution in [0.1, 0.15) is 15.4 Å². The number of aromatic nitrogens is 1. The monoisotopic (exact) mass is 372 g/mol. The van der Waals surface area contributed by atoms with Gasteiger partial charge in [-0.25, -0.2) is 4.98 Å². The maximum absolute atomic E-state index is 10.5. The minimum atomic E-state index is 0.137. The molecule has 0 amide bonds. The zero-order chi connectivity index (χ0) is 19.0. The Kier molecular flexibility index (Phi) is 4.22. The highest BCUT2D eigenvalue weighted by Crippen LogP contribution is 2.36. The number of hydrogen-bond donors (Lipinski definition) is 2. The summed E-state index contributed by atoms with van der Waals surface area (Å²) in [7, 11) is 0. The van der Waals surface area contributed by atoms with E-state index in [1.165, 1.54) is 11.3 Å². The quantitative estimate of drug-likeness (QED) is 0.694. The second-order valence-corrected chi connectivity index (χ2v) is 7.41. The van der Waals surface area contributed by atoms with Gasteiger partial charge >= 0.3 is 0 Å². The first-order valence-electron chi connectivity index (χ1n) is 8.40. The van der Waals surface area contributed by atoms with Gasteiger partial charge < -0.3 is 10.0 Å². The molecule has 0 saturated heterocycles. The molecule has 4 rings (SSSR count). The third-order valence-electron chi connectivity index (χ3n) is 4.47. The molecule has 0 saturated carbocycles. The fourth-order valence-electron chi connectivity index (χ4n) is 3.11.